The largest absolute Gasteiger partial charge is 0.487 e. The van der Waals surface area contributed by atoms with Crippen molar-refractivity contribution >= 4 is 5.97 Å². The highest BCUT2D eigenvalue weighted by molar-refractivity contribution is 5.88. The maximum Gasteiger partial charge on any atom is 0.335 e. The molecule has 142 valence electrons. The first-order valence-corrected chi connectivity index (χ1v) is 9.63. The molecule has 1 aliphatic heterocycles. The predicted molar refractivity (Wildman–Crippen MR) is 111 cm³/mol. The van der Waals surface area contributed by atoms with E-state index in [1.54, 1.807) is 12.1 Å². The van der Waals surface area contributed by atoms with Crippen molar-refractivity contribution in [2.45, 2.75) is 38.7 Å². The Kier molecular flexibility index (Phi) is 4.68. The first kappa shape index (κ1) is 18.3. The lowest BCUT2D eigenvalue weighted by atomic mass is 9.86. The number of rotatable bonds is 4. The van der Waals surface area contributed by atoms with E-state index in [0.717, 1.165) is 36.1 Å². The molecule has 28 heavy (non-hydrogen) atoms. The van der Waals surface area contributed by atoms with Crippen LogP contribution in [-0.2, 0) is 12.8 Å². The molecule has 1 N–H and O–H groups in total. The third-order valence-corrected chi connectivity index (χ3v) is 5.47. The SMILES string of the molecule is Cc1cccc(C[C@]2(C)CCc3cc(-c4ccc(C(=O)O)cc4)ccc3O2)c1. The van der Waals surface area contributed by atoms with Gasteiger partial charge in [0.1, 0.15) is 11.4 Å². The van der Waals surface area contributed by atoms with Crippen LogP contribution in [0, 0.1) is 6.92 Å². The number of hydrogen-bond donors (Lipinski definition) is 1. The van der Waals surface area contributed by atoms with Gasteiger partial charge in [0.2, 0.25) is 0 Å². The van der Waals surface area contributed by atoms with Gasteiger partial charge in [0.05, 0.1) is 5.56 Å². The highest BCUT2D eigenvalue weighted by atomic mass is 16.5. The Bertz CT molecular complexity index is 1020. The Morgan fingerprint density at radius 3 is 2.50 bits per heavy atom. The molecule has 0 unspecified atom stereocenters. The summed E-state index contributed by atoms with van der Waals surface area (Å²) >= 11 is 0. The lowest BCUT2D eigenvalue weighted by Gasteiger charge is -2.36. The fraction of sp³-hybridized carbons (Fsp3) is 0.240. The summed E-state index contributed by atoms with van der Waals surface area (Å²) < 4.78 is 6.43. The molecule has 0 aliphatic carbocycles. The number of aryl methyl sites for hydroxylation is 2. The second-order valence-electron chi connectivity index (χ2n) is 7.92. The summed E-state index contributed by atoms with van der Waals surface area (Å²) in [4.78, 5) is 11.0. The van der Waals surface area contributed by atoms with Crippen molar-refractivity contribution in [3.8, 4) is 16.9 Å². The zero-order valence-electron chi connectivity index (χ0n) is 16.2. The van der Waals surface area contributed by atoms with E-state index in [4.69, 9.17) is 9.84 Å². The van der Waals surface area contributed by atoms with Crippen molar-refractivity contribution < 1.29 is 14.6 Å². The van der Waals surface area contributed by atoms with Crippen LogP contribution in [0.1, 0.15) is 40.4 Å². The number of ether oxygens (including phenoxy) is 1. The Hall–Kier alpha value is -3.07. The summed E-state index contributed by atoms with van der Waals surface area (Å²) in [5.41, 5.74) is 5.99. The van der Waals surface area contributed by atoms with Gasteiger partial charge in [0, 0.05) is 6.42 Å². The first-order chi connectivity index (χ1) is 13.4. The minimum atomic E-state index is -0.904. The van der Waals surface area contributed by atoms with E-state index in [-0.39, 0.29) is 5.60 Å². The number of benzene rings is 3. The molecule has 3 nitrogen and oxygen atoms in total. The van der Waals surface area contributed by atoms with E-state index in [9.17, 15) is 4.79 Å². The van der Waals surface area contributed by atoms with E-state index in [1.807, 2.05) is 24.3 Å². The maximum atomic E-state index is 11.0. The molecule has 0 fully saturated rings. The Balaban J connectivity index is 1.55. The minimum absolute atomic E-state index is 0.203. The van der Waals surface area contributed by atoms with Crippen molar-refractivity contribution in [3.05, 3.63) is 89.0 Å². The topological polar surface area (TPSA) is 46.5 Å². The van der Waals surface area contributed by atoms with Gasteiger partial charge in [-0.05, 0) is 73.2 Å². The zero-order valence-corrected chi connectivity index (χ0v) is 16.2. The second-order valence-corrected chi connectivity index (χ2v) is 7.92. The highest BCUT2D eigenvalue weighted by Gasteiger charge is 2.32. The van der Waals surface area contributed by atoms with Crippen molar-refractivity contribution in [3.63, 3.8) is 0 Å². The molecule has 1 atom stereocenters. The molecule has 0 spiro atoms. The minimum Gasteiger partial charge on any atom is -0.487 e. The molecule has 1 heterocycles. The zero-order chi connectivity index (χ0) is 19.7. The van der Waals surface area contributed by atoms with Gasteiger partial charge in [0.25, 0.3) is 0 Å². The Labute approximate surface area is 165 Å². The summed E-state index contributed by atoms with van der Waals surface area (Å²) in [6.07, 6.45) is 2.83. The fourth-order valence-electron chi connectivity index (χ4n) is 3.95. The molecule has 0 aromatic heterocycles. The van der Waals surface area contributed by atoms with E-state index in [2.05, 4.69) is 44.2 Å². The summed E-state index contributed by atoms with van der Waals surface area (Å²) in [6, 6.07) is 21.9. The van der Waals surface area contributed by atoms with Crippen LogP contribution in [0.3, 0.4) is 0 Å². The summed E-state index contributed by atoms with van der Waals surface area (Å²) in [7, 11) is 0. The molecule has 4 rings (SSSR count). The smallest absolute Gasteiger partial charge is 0.335 e. The number of carboxylic acids is 1. The number of carbonyl (C=O) groups is 1. The summed E-state index contributed by atoms with van der Waals surface area (Å²) in [6.45, 7) is 4.31. The molecule has 0 bridgehead atoms. The van der Waals surface area contributed by atoms with Crippen LogP contribution in [0.2, 0.25) is 0 Å². The summed E-state index contributed by atoms with van der Waals surface area (Å²) in [5.74, 6) is 0.0468. The normalized spacial score (nSPS) is 18.2. The van der Waals surface area contributed by atoms with Crippen molar-refractivity contribution in [1.82, 2.24) is 0 Å². The quantitative estimate of drug-likeness (QED) is 0.640. The van der Waals surface area contributed by atoms with Gasteiger partial charge in [-0.2, -0.15) is 0 Å². The Morgan fingerprint density at radius 1 is 1.04 bits per heavy atom. The average molecular weight is 372 g/mol. The third kappa shape index (κ3) is 3.79. The first-order valence-electron chi connectivity index (χ1n) is 9.63. The average Bonchev–Trinajstić information content (AvgIpc) is 2.67. The van der Waals surface area contributed by atoms with Gasteiger partial charge in [-0.15, -0.1) is 0 Å². The van der Waals surface area contributed by atoms with Crippen LogP contribution >= 0.6 is 0 Å². The molecular weight excluding hydrogens is 348 g/mol. The van der Waals surface area contributed by atoms with Gasteiger partial charge in [-0.3, -0.25) is 0 Å². The Morgan fingerprint density at radius 2 is 1.79 bits per heavy atom. The van der Waals surface area contributed by atoms with Gasteiger partial charge in [-0.25, -0.2) is 4.79 Å². The molecule has 0 amide bonds. The summed E-state index contributed by atoms with van der Waals surface area (Å²) in [5, 5.41) is 9.06. The van der Waals surface area contributed by atoms with Gasteiger partial charge in [0.15, 0.2) is 0 Å². The van der Waals surface area contributed by atoms with Crippen LogP contribution in [0.25, 0.3) is 11.1 Å². The van der Waals surface area contributed by atoms with Crippen molar-refractivity contribution in [2.24, 2.45) is 0 Å². The predicted octanol–water partition coefficient (Wildman–Crippen LogP) is 5.69. The van der Waals surface area contributed by atoms with Crippen molar-refractivity contribution in [2.75, 3.05) is 0 Å². The van der Waals surface area contributed by atoms with E-state index in [0.29, 0.717) is 5.56 Å². The van der Waals surface area contributed by atoms with Crippen LogP contribution in [-0.4, -0.2) is 16.7 Å². The molecule has 3 aromatic rings. The molecular formula is C25H24O3. The number of carboxylic acid groups (broad SMARTS) is 1. The van der Waals surface area contributed by atoms with Gasteiger partial charge in [-0.1, -0.05) is 48.0 Å². The molecule has 1 aliphatic rings. The number of aromatic carboxylic acids is 1. The number of hydrogen-bond acceptors (Lipinski definition) is 2. The van der Waals surface area contributed by atoms with Crippen LogP contribution in [0.4, 0.5) is 0 Å². The molecule has 0 radical (unpaired) electrons. The number of fused-ring (bicyclic) bond motifs is 1. The lowest BCUT2D eigenvalue weighted by Crippen LogP contribution is -2.38. The third-order valence-electron chi connectivity index (χ3n) is 5.47. The highest BCUT2D eigenvalue weighted by Crippen LogP contribution is 2.37. The van der Waals surface area contributed by atoms with E-state index in [1.165, 1.54) is 16.7 Å². The van der Waals surface area contributed by atoms with Crippen LogP contribution in [0.15, 0.2) is 66.7 Å². The van der Waals surface area contributed by atoms with Crippen molar-refractivity contribution in [1.29, 1.82) is 0 Å². The molecule has 3 aromatic carbocycles. The van der Waals surface area contributed by atoms with Crippen LogP contribution < -0.4 is 4.74 Å². The standard InChI is InChI=1S/C25H24O3/c1-17-4-3-5-18(14-17)16-25(2)13-12-22-15-21(10-11-23(22)28-25)19-6-8-20(9-7-19)24(26)27/h3-11,14-15H,12-13,16H2,1-2H3,(H,26,27)/t25-/m0/s1. The molecule has 0 saturated heterocycles. The fourth-order valence-corrected chi connectivity index (χ4v) is 3.95. The van der Waals surface area contributed by atoms with E-state index < -0.39 is 5.97 Å². The van der Waals surface area contributed by atoms with Crippen LogP contribution in [0.5, 0.6) is 5.75 Å². The lowest BCUT2D eigenvalue weighted by molar-refractivity contribution is 0.0653. The second kappa shape index (κ2) is 7.16. The molecule has 0 saturated carbocycles. The van der Waals surface area contributed by atoms with Gasteiger partial charge >= 0.3 is 5.97 Å². The maximum absolute atomic E-state index is 11.0. The van der Waals surface area contributed by atoms with Gasteiger partial charge < -0.3 is 9.84 Å². The molecule has 3 heteroatoms. The van der Waals surface area contributed by atoms with E-state index >= 15 is 0 Å². The monoisotopic (exact) mass is 372 g/mol.